The van der Waals surface area contributed by atoms with Crippen molar-refractivity contribution in [3.8, 4) is 5.69 Å². The van der Waals surface area contributed by atoms with Crippen molar-refractivity contribution in [1.82, 2.24) is 25.2 Å². The van der Waals surface area contributed by atoms with Crippen molar-refractivity contribution in [2.45, 2.75) is 0 Å². The predicted octanol–water partition coefficient (Wildman–Crippen LogP) is 1.08. The van der Waals surface area contributed by atoms with Gasteiger partial charge in [0, 0.05) is 30.7 Å². The summed E-state index contributed by atoms with van der Waals surface area (Å²) >= 11 is 3.39. The first kappa shape index (κ1) is 13.3. The van der Waals surface area contributed by atoms with E-state index in [0.717, 1.165) is 23.2 Å². The smallest absolute Gasteiger partial charge is 0.276 e. The Bertz CT molecular complexity index is 603. The molecule has 104 valence electrons. The van der Waals surface area contributed by atoms with Gasteiger partial charge in [0.1, 0.15) is 0 Å². The van der Waals surface area contributed by atoms with Gasteiger partial charge in [0.15, 0.2) is 5.69 Å². The number of nitrogens with one attached hydrogen (secondary N) is 1. The van der Waals surface area contributed by atoms with Crippen molar-refractivity contribution in [3.63, 3.8) is 0 Å². The second-order valence-electron chi connectivity index (χ2n) is 4.57. The number of halogens is 1. The molecule has 2 heterocycles. The number of rotatable bonds is 2. The van der Waals surface area contributed by atoms with Gasteiger partial charge in [-0.05, 0) is 24.3 Å². The molecular formula is C13H14BrN5O. The molecule has 1 aliphatic heterocycles. The molecule has 1 saturated heterocycles. The molecule has 1 aromatic heterocycles. The summed E-state index contributed by atoms with van der Waals surface area (Å²) < 4.78 is 2.61. The van der Waals surface area contributed by atoms with E-state index in [9.17, 15) is 4.79 Å². The first-order valence-corrected chi connectivity index (χ1v) is 7.21. The standard InChI is InChI=1S/C13H14BrN5O/c14-10-1-3-11(4-2-10)19-9-12(16-17-19)13(20)18-7-5-15-6-8-18/h1-4,9,15H,5-8H2. The third kappa shape index (κ3) is 2.73. The maximum Gasteiger partial charge on any atom is 0.276 e. The van der Waals surface area contributed by atoms with Crippen LogP contribution in [0, 0.1) is 0 Å². The molecule has 0 spiro atoms. The molecule has 6 nitrogen and oxygen atoms in total. The summed E-state index contributed by atoms with van der Waals surface area (Å²) in [5.41, 5.74) is 1.26. The summed E-state index contributed by atoms with van der Waals surface area (Å²) in [7, 11) is 0. The van der Waals surface area contributed by atoms with E-state index in [1.807, 2.05) is 24.3 Å². The SMILES string of the molecule is O=C(c1cn(-c2ccc(Br)cc2)nn1)N1CCNCC1. The van der Waals surface area contributed by atoms with Crippen LogP contribution in [-0.2, 0) is 0 Å². The van der Waals surface area contributed by atoms with Gasteiger partial charge in [-0.2, -0.15) is 0 Å². The molecule has 1 aromatic carbocycles. The van der Waals surface area contributed by atoms with E-state index in [0.29, 0.717) is 18.8 Å². The van der Waals surface area contributed by atoms with Gasteiger partial charge in [0.05, 0.1) is 11.9 Å². The van der Waals surface area contributed by atoms with Gasteiger partial charge in [-0.1, -0.05) is 21.1 Å². The van der Waals surface area contributed by atoms with Crippen LogP contribution in [0.15, 0.2) is 34.9 Å². The number of benzene rings is 1. The molecule has 0 radical (unpaired) electrons. The van der Waals surface area contributed by atoms with E-state index < -0.39 is 0 Å². The van der Waals surface area contributed by atoms with E-state index in [4.69, 9.17) is 0 Å². The van der Waals surface area contributed by atoms with E-state index >= 15 is 0 Å². The highest BCUT2D eigenvalue weighted by Crippen LogP contribution is 2.13. The van der Waals surface area contributed by atoms with Crippen LogP contribution in [0.2, 0.25) is 0 Å². The summed E-state index contributed by atoms with van der Waals surface area (Å²) in [5.74, 6) is -0.0603. The van der Waals surface area contributed by atoms with Gasteiger partial charge in [0.25, 0.3) is 5.91 Å². The lowest BCUT2D eigenvalue weighted by molar-refractivity contribution is 0.0730. The van der Waals surface area contributed by atoms with Crippen molar-refractivity contribution < 1.29 is 4.79 Å². The minimum Gasteiger partial charge on any atom is -0.335 e. The third-order valence-electron chi connectivity index (χ3n) is 3.21. The van der Waals surface area contributed by atoms with Gasteiger partial charge in [0.2, 0.25) is 0 Å². The monoisotopic (exact) mass is 335 g/mol. The normalized spacial score (nSPS) is 15.3. The highest BCUT2D eigenvalue weighted by molar-refractivity contribution is 9.10. The van der Waals surface area contributed by atoms with E-state index in [-0.39, 0.29) is 5.91 Å². The first-order chi connectivity index (χ1) is 9.74. The summed E-state index contributed by atoms with van der Waals surface area (Å²) in [6, 6.07) is 7.68. The minimum absolute atomic E-state index is 0.0603. The van der Waals surface area contributed by atoms with Gasteiger partial charge in [-0.15, -0.1) is 5.10 Å². The maximum absolute atomic E-state index is 12.3. The average Bonchev–Trinajstić information content (AvgIpc) is 2.98. The molecule has 0 bridgehead atoms. The van der Waals surface area contributed by atoms with Crippen molar-refractivity contribution in [2.24, 2.45) is 0 Å². The number of aromatic nitrogens is 3. The number of piperazine rings is 1. The lowest BCUT2D eigenvalue weighted by atomic mass is 10.3. The summed E-state index contributed by atoms with van der Waals surface area (Å²) in [6.07, 6.45) is 1.67. The number of hydrogen-bond donors (Lipinski definition) is 1. The zero-order valence-corrected chi connectivity index (χ0v) is 12.4. The highest BCUT2D eigenvalue weighted by atomic mass is 79.9. The van der Waals surface area contributed by atoms with Gasteiger partial charge >= 0.3 is 0 Å². The molecule has 7 heteroatoms. The number of hydrogen-bond acceptors (Lipinski definition) is 4. The highest BCUT2D eigenvalue weighted by Gasteiger charge is 2.20. The van der Waals surface area contributed by atoms with Crippen LogP contribution in [0.1, 0.15) is 10.5 Å². The van der Waals surface area contributed by atoms with Crippen molar-refractivity contribution in [2.75, 3.05) is 26.2 Å². The molecule has 0 atom stereocenters. The van der Waals surface area contributed by atoms with Crippen LogP contribution in [0.4, 0.5) is 0 Å². The lowest BCUT2D eigenvalue weighted by Gasteiger charge is -2.26. The van der Waals surface area contributed by atoms with Crippen LogP contribution in [0.25, 0.3) is 5.69 Å². The molecule has 1 aliphatic rings. The maximum atomic E-state index is 12.3. The van der Waals surface area contributed by atoms with Crippen LogP contribution in [0.5, 0.6) is 0 Å². The molecule has 2 aromatic rings. The zero-order valence-electron chi connectivity index (χ0n) is 10.8. The van der Waals surface area contributed by atoms with E-state index in [1.165, 1.54) is 0 Å². The van der Waals surface area contributed by atoms with Crippen LogP contribution in [0.3, 0.4) is 0 Å². The fraction of sp³-hybridized carbons (Fsp3) is 0.308. The topological polar surface area (TPSA) is 63.1 Å². The number of carbonyl (C=O) groups excluding carboxylic acids is 1. The Kier molecular flexibility index (Phi) is 3.79. The first-order valence-electron chi connectivity index (χ1n) is 6.42. The van der Waals surface area contributed by atoms with Crippen LogP contribution >= 0.6 is 15.9 Å². The largest absolute Gasteiger partial charge is 0.335 e. The Morgan fingerprint density at radius 2 is 1.90 bits per heavy atom. The van der Waals surface area contributed by atoms with Gasteiger partial charge in [-0.3, -0.25) is 4.79 Å². The Labute approximate surface area is 124 Å². The number of carbonyl (C=O) groups is 1. The Morgan fingerprint density at radius 3 is 2.60 bits per heavy atom. The summed E-state index contributed by atoms with van der Waals surface area (Å²) in [5, 5.41) is 11.2. The molecule has 3 rings (SSSR count). The Balaban J connectivity index is 1.79. The van der Waals surface area contributed by atoms with E-state index in [1.54, 1.807) is 15.8 Å². The zero-order chi connectivity index (χ0) is 13.9. The quantitative estimate of drug-likeness (QED) is 0.891. The van der Waals surface area contributed by atoms with Gasteiger partial charge in [-0.25, -0.2) is 4.68 Å². The van der Waals surface area contributed by atoms with Gasteiger partial charge < -0.3 is 10.2 Å². The molecule has 1 fully saturated rings. The fourth-order valence-corrected chi connectivity index (χ4v) is 2.38. The molecule has 0 saturated carbocycles. The Hall–Kier alpha value is -1.73. The fourth-order valence-electron chi connectivity index (χ4n) is 2.11. The van der Waals surface area contributed by atoms with Crippen LogP contribution in [-0.4, -0.2) is 52.0 Å². The van der Waals surface area contributed by atoms with Crippen LogP contribution < -0.4 is 5.32 Å². The Morgan fingerprint density at radius 1 is 1.20 bits per heavy atom. The molecule has 20 heavy (non-hydrogen) atoms. The average molecular weight is 336 g/mol. The van der Waals surface area contributed by atoms with E-state index in [2.05, 4.69) is 31.6 Å². The predicted molar refractivity (Wildman–Crippen MR) is 77.8 cm³/mol. The third-order valence-corrected chi connectivity index (χ3v) is 3.74. The number of nitrogens with zero attached hydrogens (tertiary/aromatic N) is 4. The summed E-state index contributed by atoms with van der Waals surface area (Å²) in [6.45, 7) is 3.08. The lowest BCUT2D eigenvalue weighted by Crippen LogP contribution is -2.46. The molecule has 1 N–H and O–H groups in total. The second kappa shape index (κ2) is 5.72. The van der Waals surface area contributed by atoms with Crippen molar-refractivity contribution in [1.29, 1.82) is 0 Å². The summed E-state index contributed by atoms with van der Waals surface area (Å²) in [4.78, 5) is 14.1. The second-order valence-corrected chi connectivity index (χ2v) is 5.48. The van der Waals surface area contributed by atoms with Crippen molar-refractivity contribution in [3.05, 3.63) is 40.6 Å². The van der Waals surface area contributed by atoms with Crippen molar-refractivity contribution >= 4 is 21.8 Å². The number of amides is 1. The molecular weight excluding hydrogens is 322 g/mol. The minimum atomic E-state index is -0.0603. The molecule has 1 amide bonds. The molecule has 0 aliphatic carbocycles. The molecule has 0 unspecified atom stereocenters.